The third-order valence-corrected chi connectivity index (χ3v) is 3.93. The zero-order valence-electron chi connectivity index (χ0n) is 11.9. The van der Waals surface area contributed by atoms with Crippen molar-refractivity contribution < 1.29 is 9.47 Å². The Hall–Kier alpha value is -1.68. The number of ether oxygens (including phenoxy) is 2. The van der Waals surface area contributed by atoms with Crippen molar-refractivity contribution in [2.45, 2.75) is 6.54 Å². The molecule has 20 heavy (non-hydrogen) atoms. The van der Waals surface area contributed by atoms with Crippen LogP contribution in [0.25, 0.3) is 0 Å². The third kappa shape index (κ3) is 3.25. The van der Waals surface area contributed by atoms with Crippen molar-refractivity contribution in [2.75, 3.05) is 26.2 Å². The zero-order valence-corrected chi connectivity index (χ0v) is 13.5. The van der Waals surface area contributed by atoms with Gasteiger partial charge in [0.1, 0.15) is 11.5 Å². The first kappa shape index (κ1) is 14.7. The van der Waals surface area contributed by atoms with E-state index in [1.165, 1.54) is 0 Å². The first-order valence-corrected chi connectivity index (χ1v) is 7.11. The smallest absolute Gasteiger partial charge is 0.142 e. The van der Waals surface area contributed by atoms with E-state index in [4.69, 9.17) is 9.47 Å². The van der Waals surface area contributed by atoms with Crippen LogP contribution in [0.4, 0.5) is 5.69 Å². The number of nitrogens with zero attached hydrogens (tertiary/aromatic N) is 1. The lowest BCUT2D eigenvalue weighted by Crippen LogP contribution is -2.17. The Morgan fingerprint density at radius 2 is 1.80 bits per heavy atom. The molecule has 0 aromatic heterocycles. The fourth-order valence-electron chi connectivity index (χ4n) is 2.09. The molecular formula is C16H18BrNO2. The molecule has 0 bridgehead atoms. The van der Waals surface area contributed by atoms with Crippen LogP contribution in [-0.4, -0.2) is 21.3 Å². The lowest BCUT2D eigenvalue weighted by atomic mass is 10.2. The molecule has 2 aromatic carbocycles. The summed E-state index contributed by atoms with van der Waals surface area (Å²) in [6.45, 7) is 0.762. The summed E-state index contributed by atoms with van der Waals surface area (Å²) in [4.78, 5) is 2.15. The summed E-state index contributed by atoms with van der Waals surface area (Å²) in [6, 6.07) is 14.0. The van der Waals surface area contributed by atoms with Gasteiger partial charge < -0.3 is 14.4 Å². The Morgan fingerprint density at radius 3 is 2.50 bits per heavy atom. The topological polar surface area (TPSA) is 21.7 Å². The van der Waals surface area contributed by atoms with E-state index in [-0.39, 0.29) is 0 Å². The molecule has 4 heteroatoms. The van der Waals surface area contributed by atoms with Crippen molar-refractivity contribution in [1.29, 1.82) is 0 Å². The normalized spacial score (nSPS) is 10.2. The van der Waals surface area contributed by atoms with E-state index in [9.17, 15) is 0 Å². The Balaban J connectivity index is 2.25. The summed E-state index contributed by atoms with van der Waals surface area (Å²) in [5.74, 6) is 1.73. The average Bonchev–Trinajstić information content (AvgIpc) is 2.49. The van der Waals surface area contributed by atoms with Crippen molar-refractivity contribution in [3.63, 3.8) is 0 Å². The van der Waals surface area contributed by atoms with E-state index in [1.54, 1.807) is 14.2 Å². The molecule has 0 fully saturated rings. The molecule has 0 aliphatic carbocycles. The van der Waals surface area contributed by atoms with Crippen LogP contribution >= 0.6 is 15.9 Å². The van der Waals surface area contributed by atoms with Gasteiger partial charge in [-0.3, -0.25) is 0 Å². The second-order valence-corrected chi connectivity index (χ2v) is 5.34. The minimum absolute atomic E-state index is 0.762. The molecule has 0 unspecified atom stereocenters. The van der Waals surface area contributed by atoms with Crippen LogP contribution in [0, 0.1) is 0 Å². The Labute approximate surface area is 128 Å². The molecule has 3 nitrogen and oxygen atoms in total. The van der Waals surface area contributed by atoms with Crippen molar-refractivity contribution in [3.8, 4) is 11.5 Å². The first-order chi connectivity index (χ1) is 9.65. The summed E-state index contributed by atoms with van der Waals surface area (Å²) < 4.78 is 11.7. The van der Waals surface area contributed by atoms with Gasteiger partial charge in [-0.2, -0.15) is 0 Å². The summed E-state index contributed by atoms with van der Waals surface area (Å²) >= 11 is 3.58. The first-order valence-electron chi connectivity index (χ1n) is 6.32. The summed E-state index contributed by atoms with van der Waals surface area (Å²) in [7, 11) is 5.41. The van der Waals surface area contributed by atoms with Crippen LogP contribution in [0.2, 0.25) is 0 Å². The molecule has 0 amide bonds. The van der Waals surface area contributed by atoms with E-state index in [0.29, 0.717) is 0 Å². The maximum absolute atomic E-state index is 5.40. The van der Waals surface area contributed by atoms with Gasteiger partial charge in [0.05, 0.1) is 19.9 Å². The van der Waals surface area contributed by atoms with Gasteiger partial charge in [0.25, 0.3) is 0 Å². The van der Waals surface area contributed by atoms with E-state index in [0.717, 1.165) is 33.8 Å². The third-order valence-electron chi connectivity index (χ3n) is 3.16. The number of rotatable bonds is 5. The second kappa shape index (κ2) is 6.66. The molecule has 106 valence electrons. The summed E-state index contributed by atoms with van der Waals surface area (Å²) in [5.41, 5.74) is 2.22. The zero-order chi connectivity index (χ0) is 14.5. The van der Waals surface area contributed by atoms with Gasteiger partial charge in [-0.15, -0.1) is 0 Å². The van der Waals surface area contributed by atoms with Crippen LogP contribution in [-0.2, 0) is 6.54 Å². The molecule has 0 saturated carbocycles. The van der Waals surface area contributed by atoms with E-state index < -0.39 is 0 Å². The number of hydrogen-bond donors (Lipinski definition) is 0. The molecule has 0 spiro atoms. The average molecular weight is 336 g/mol. The maximum atomic E-state index is 5.40. The maximum Gasteiger partial charge on any atom is 0.142 e. The van der Waals surface area contributed by atoms with Gasteiger partial charge in [-0.1, -0.05) is 28.1 Å². The predicted molar refractivity (Wildman–Crippen MR) is 85.8 cm³/mol. The van der Waals surface area contributed by atoms with Crippen molar-refractivity contribution >= 4 is 21.6 Å². The van der Waals surface area contributed by atoms with Crippen molar-refractivity contribution in [1.82, 2.24) is 0 Å². The number of halogens is 1. The van der Waals surface area contributed by atoms with Gasteiger partial charge in [-0.05, 0) is 35.9 Å². The monoisotopic (exact) mass is 335 g/mol. The Kier molecular flexibility index (Phi) is 4.90. The van der Waals surface area contributed by atoms with Gasteiger partial charge in [0.2, 0.25) is 0 Å². The molecule has 0 radical (unpaired) electrons. The number of benzene rings is 2. The minimum atomic E-state index is 0.762. The van der Waals surface area contributed by atoms with Gasteiger partial charge >= 0.3 is 0 Å². The van der Waals surface area contributed by atoms with E-state index >= 15 is 0 Å². The number of para-hydroxylation sites is 2. The largest absolute Gasteiger partial charge is 0.497 e. The van der Waals surface area contributed by atoms with E-state index in [1.807, 2.05) is 49.5 Å². The number of anilines is 1. The lowest BCUT2D eigenvalue weighted by molar-refractivity contribution is 0.413. The van der Waals surface area contributed by atoms with Gasteiger partial charge in [0, 0.05) is 18.1 Å². The molecule has 0 heterocycles. The molecule has 0 aliphatic heterocycles. The Morgan fingerprint density at radius 1 is 1.05 bits per heavy atom. The number of methoxy groups -OCH3 is 2. The lowest BCUT2D eigenvalue weighted by Gasteiger charge is -2.22. The predicted octanol–water partition coefficient (Wildman–Crippen LogP) is 4.10. The second-order valence-electron chi connectivity index (χ2n) is 4.49. The van der Waals surface area contributed by atoms with Crippen LogP contribution in [0.3, 0.4) is 0 Å². The highest BCUT2D eigenvalue weighted by molar-refractivity contribution is 9.10. The van der Waals surface area contributed by atoms with Crippen LogP contribution < -0.4 is 14.4 Å². The fourth-order valence-corrected chi connectivity index (χ4v) is 2.46. The molecular weight excluding hydrogens is 318 g/mol. The fraction of sp³-hybridized carbons (Fsp3) is 0.250. The molecule has 2 rings (SSSR count). The Bertz CT molecular complexity index is 586. The molecule has 0 saturated heterocycles. The number of hydrogen-bond acceptors (Lipinski definition) is 3. The molecule has 2 aromatic rings. The molecule has 0 atom stereocenters. The standard InChI is InChI=1S/C16H18BrNO2/c1-18(15-6-4-5-7-16(15)20-3)11-12-10-13(19-2)8-9-14(12)17/h4-10H,11H2,1-3H3. The SMILES string of the molecule is COc1ccc(Br)c(CN(C)c2ccccc2OC)c1. The summed E-state index contributed by atoms with van der Waals surface area (Å²) in [6.07, 6.45) is 0. The highest BCUT2D eigenvalue weighted by Crippen LogP contribution is 2.30. The van der Waals surface area contributed by atoms with Crippen LogP contribution in [0.1, 0.15) is 5.56 Å². The molecule has 0 aliphatic rings. The highest BCUT2D eigenvalue weighted by Gasteiger charge is 2.10. The quantitative estimate of drug-likeness (QED) is 0.820. The van der Waals surface area contributed by atoms with Gasteiger partial charge in [-0.25, -0.2) is 0 Å². The molecule has 0 N–H and O–H groups in total. The minimum Gasteiger partial charge on any atom is -0.497 e. The van der Waals surface area contributed by atoms with Crippen molar-refractivity contribution in [2.24, 2.45) is 0 Å². The summed E-state index contributed by atoms with van der Waals surface area (Å²) in [5, 5.41) is 0. The van der Waals surface area contributed by atoms with E-state index in [2.05, 4.69) is 20.8 Å². The van der Waals surface area contributed by atoms with Crippen LogP contribution in [0.5, 0.6) is 11.5 Å². The van der Waals surface area contributed by atoms with Crippen molar-refractivity contribution in [3.05, 3.63) is 52.5 Å². The highest BCUT2D eigenvalue weighted by atomic mass is 79.9. The van der Waals surface area contributed by atoms with Crippen LogP contribution in [0.15, 0.2) is 46.9 Å². The van der Waals surface area contributed by atoms with Gasteiger partial charge in [0.15, 0.2) is 0 Å².